The maximum absolute atomic E-state index is 13.3. The third-order valence-corrected chi connectivity index (χ3v) is 2.66. The Kier molecular flexibility index (Phi) is 4.42. The average molecular weight is 253 g/mol. The molecule has 4 nitrogen and oxygen atoms in total. The van der Waals surface area contributed by atoms with Crippen LogP contribution in [-0.2, 0) is 20.9 Å². The molecule has 0 unspecified atom stereocenters. The van der Waals surface area contributed by atoms with Gasteiger partial charge >= 0.3 is 5.97 Å². The Morgan fingerprint density at radius 1 is 1.33 bits per heavy atom. The SMILES string of the molecule is COC(=O)C(C)(C)C(=O)NCc1ccccc1F. The van der Waals surface area contributed by atoms with Gasteiger partial charge in [0, 0.05) is 12.1 Å². The molecule has 0 bridgehead atoms. The van der Waals surface area contributed by atoms with E-state index in [-0.39, 0.29) is 6.54 Å². The fourth-order valence-electron chi connectivity index (χ4n) is 1.39. The maximum atomic E-state index is 13.3. The molecule has 0 aliphatic rings. The third kappa shape index (κ3) is 3.06. The van der Waals surface area contributed by atoms with Gasteiger partial charge in [-0.05, 0) is 19.9 Å². The number of nitrogens with one attached hydrogen (secondary N) is 1. The summed E-state index contributed by atoms with van der Waals surface area (Å²) in [4.78, 5) is 23.2. The Labute approximate surface area is 105 Å². The zero-order chi connectivity index (χ0) is 13.8. The highest BCUT2D eigenvalue weighted by Gasteiger charge is 2.36. The summed E-state index contributed by atoms with van der Waals surface area (Å²) in [5, 5.41) is 2.52. The van der Waals surface area contributed by atoms with Crippen molar-refractivity contribution in [3.8, 4) is 0 Å². The molecule has 0 aliphatic heterocycles. The summed E-state index contributed by atoms with van der Waals surface area (Å²) >= 11 is 0. The Balaban J connectivity index is 2.67. The van der Waals surface area contributed by atoms with Gasteiger partial charge < -0.3 is 10.1 Å². The number of hydrogen-bond acceptors (Lipinski definition) is 3. The minimum atomic E-state index is -1.29. The van der Waals surface area contributed by atoms with E-state index in [1.807, 2.05) is 0 Å². The van der Waals surface area contributed by atoms with Gasteiger partial charge in [-0.2, -0.15) is 0 Å². The summed E-state index contributed by atoms with van der Waals surface area (Å²) in [6, 6.07) is 6.13. The number of rotatable bonds is 4. The molecule has 1 amide bonds. The summed E-state index contributed by atoms with van der Waals surface area (Å²) in [7, 11) is 1.22. The lowest BCUT2D eigenvalue weighted by Gasteiger charge is -2.20. The van der Waals surface area contributed by atoms with E-state index in [0.717, 1.165) is 0 Å². The maximum Gasteiger partial charge on any atom is 0.320 e. The van der Waals surface area contributed by atoms with Crippen LogP contribution in [0.3, 0.4) is 0 Å². The minimum Gasteiger partial charge on any atom is -0.468 e. The van der Waals surface area contributed by atoms with Crippen molar-refractivity contribution in [3.05, 3.63) is 35.6 Å². The summed E-state index contributed by atoms with van der Waals surface area (Å²) in [6.07, 6.45) is 0. The van der Waals surface area contributed by atoms with E-state index in [9.17, 15) is 14.0 Å². The number of amides is 1. The number of halogens is 1. The van der Waals surface area contributed by atoms with Crippen LogP contribution in [0.15, 0.2) is 24.3 Å². The largest absolute Gasteiger partial charge is 0.468 e. The zero-order valence-corrected chi connectivity index (χ0v) is 10.6. The summed E-state index contributed by atoms with van der Waals surface area (Å²) in [5.74, 6) is -1.53. The van der Waals surface area contributed by atoms with Gasteiger partial charge in [-0.15, -0.1) is 0 Å². The van der Waals surface area contributed by atoms with Crippen LogP contribution < -0.4 is 5.32 Å². The van der Waals surface area contributed by atoms with E-state index in [2.05, 4.69) is 10.1 Å². The van der Waals surface area contributed by atoms with Gasteiger partial charge in [0.1, 0.15) is 11.2 Å². The summed E-state index contributed by atoms with van der Waals surface area (Å²) < 4.78 is 17.9. The number of esters is 1. The number of methoxy groups -OCH3 is 1. The number of hydrogen-bond donors (Lipinski definition) is 1. The highest BCUT2D eigenvalue weighted by atomic mass is 19.1. The van der Waals surface area contributed by atoms with Crippen molar-refractivity contribution in [1.29, 1.82) is 0 Å². The molecule has 5 heteroatoms. The van der Waals surface area contributed by atoms with Crippen molar-refractivity contribution in [1.82, 2.24) is 5.32 Å². The second-order valence-electron chi connectivity index (χ2n) is 4.39. The van der Waals surface area contributed by atoms with E-state index >= 15 is 0 Å². The normalized spacial score (nSPS) is 10.9. The van der Waals surface area contributed by atoms with Gasteiger partial charge in [-0.3, -0.25) is 9.59 Å². The van der Waals surface area contributed by atoms with Crippen LogP contribution in [0.25, 0.3) is 0 Å². The predicted molar refractivity (Wildman–Crippen MR) is 64.0 cm³/mol. The van der Waals surface area contributed by atoms with Gasteiger partial charge in [0.2, 0.25) is 5.91 Å². The van der Waals surface area contributed by atoms with Crippen LogP contribution in [0.5, 0.6) is 0 Å². The summed E-state index contributed by atoms with van der Waals surface area (Å²) in [6.45, 7) is 2.94. The highest BCUT2D eigenvalue weighted by molar-refractivity contribution is 6.01. The second-order valence-corrected chi connectivity index (χ2v) is 4.39. The van der Waals surface area contributed by atoms with E-state index in [1.54, 1.807) is 18.2 Å². The minimum absolute atomic E-state index is 0.0337. The Morgan fingerprint density at radius 2 is 1.94 bits per heavy atom. The molecule has 0 atom stereocenters. The van der Waals surface area contributed by atoms with E-state index in [1.165, 1.54) is 27.0 Å². The lowest BCUT2D eigenvalue weighted by atomic mass is 9.92. The van der Waals surface area contributed by atoms with Gasteiger partial charge in [0.25, 0.3) is 0 Å². The Bertz CT molecular complexity index is 457. The van der Waals surface area contributed by atoms with Crippen molar-refractivity contribution >= 4 is 11.9 Å². The summed E-state index contributed by atoms with van der Waals surface area (Å²) in [5.41, 5.74) is -0.925. The van der Waals surface area contributed by atoms with Crippen LogP contribution in [-0.4, -0.2) is 19.0 Å². The van der Waals surface area contributed by atoms with Crippen molar-refractivity contribution in [2.75, 3.05) is 7.11 Å². The second kappa shape index (κ2) is 5.62. The quantitative estimate of drug-likeness (QED) is 0.655. The number of benzene rings is 1. The Morgan fingerprint density at radius 3 is 2.50 bits per heavy atom. The van der Waals surface area contributed by atoms with Crippen LogP contribution in [0, 0.1) is 11.2 Å². The third-order valence-electron chi connectivity index (χ3n) is 2.66. The molecule has 1 aromatic carbocycles. The van der Waals surface area contributed by atoms with Gasteiger partial charge in [-0.25, -0.2) is 4.39 Å². The molecule has 18 heavy (non-hydrogen) atoms. The first-order chi connectivity index (χ1) is 8.39. The molecule has 0 saturated carbocycles. The molecule has 0 spiro atoms. The van der Waals surface area contributed by atoms with Crippen molar-refractivity contribution in [2.45, 2.75) is 20.4 Å². The average Bonchev–Trinajstić information content (AvgIpc) is 2.36. The van der Waals surface area contributed by atoms with Crippen molar-refractivity contribution in [3.63, 3.8) is 0 Å². The van der Waals surface area contributed by atoms with Gasteiger partial charge in [0.05, 0.1) is 7.11 Å². The molecule has 98 valence electrons. The van der Waals surface area contributed by atoms with Gasteiger partial charge in [0.15, 0.2) is 0 Å². The van der Waals surface area contributed by atoms with Crippen LogP contribution in [0.1, 0.15) is 19.4 Å². The number of carbonyl (C=O) groups excluding carboxylic acids is 2. The molecule has 1 N–H and O–H groups in total. The molecule has 1 aromatic rings. The van der Waals surface area contributed by atoms with Crippen LogP contribution >= 0.6 is 0 Å². The fourth-order valence-corrected chi connectivity index (χ4v) is 1.39. The lowest BCUT2D eigenvalue weighted by Crippen LogP contribution is -2.42. The molecule has 0 radical (unpaired) electrons. The molecule has 0 saturated heterocycles. The highest BCUT2D eigenvalue weighted by Crippen LogP contribution is 2.17. The molecule has 0 fully saturated rings. The number of ether oxygens (including phenoxy) is 1. The molecular formula is C13H16FNO3. The molecule has 0 heterocycles. The fraction of sp³-hybridized carbons (Fsp3) is 0.385. The van der Waals surface area contributed by atoms with Crippen LogP contribution in [0.2, 0.25) is 0 Å². The topological polar surface area (TPSA) is 55.4 Å². The molecule has 0 aliphatic carbocycles. The first-order valence-electron chi connectivity index (χ1n) is 5.49. The predicted octanol–water partition coefficient (Wildman–Crippen LogP) is 1.64. The van der Waals surface area contributed by atoms with E-state index in [4.69, 9.17) is 0 Å². The van der Waals surface area contributed by atoms with E-state index in [0.29, 0.717) is 5.56 Å². The zero-order valence-electron chi connectivity index (χ0n) is 10.6. The Hall–Kier alpha value is -1.91. The molecule has 1 rings (SSSR count). The first-order valence-corrected chi connectivity index (χ1v) is 5.49. The lowest BCUT2D eigenvalue weighted by molar-refractivity contribution is -0.156. The monoisotopic (exact) mass is 253 g/mol. The van der Waals surface area contributed by atoms with E-state index < -0.39 is 23.1 Å². The van der Waals surface area contributed by atoms with Gasteiger partial charge in [-0.1, -0.05) is 18.2 Å². The standard InChI is InChI=1S/C13H16FNO3/c1-13(2,12(17)18-3)11(16)15-8-9-6-4-5-7-10(9)14/h4-7H,8H2,1-3H3,(H,15,16). The van der Waals surface area contributed by atoms with Crippen molar-refractivity contribution in [2.24, 2.45) is 5.41 Å². The first kappa shape index (κ1) is 14.2. The molecule has 0 aromatic heterocycles. The number of carbonyl (C=O) groups is 2. The van der Waals surface area contributed by atoms with Crippen LogP contribution in [0.4, 0.5) is 4.39 Å². The smallest absolute Gasteiger partial charge is 0.320 e. The molecular weight excluding hydrogens is 237 g/mol. The van der Waals surface area contributed by atoms with Crippen molar-refractivity contribution < 1.29 is 18.7 Å².